The Bertz CT molecular complexity index is 1770. The standard InChI is InChI=1S/C32H30F3N5O3/c1-2-22-25(34)7-6-18-11-21(41)12-23(26(18)22)28-27(35)29-24(14-36-28)30(37-20-5-3-10-42-16-20)39-31(38-29)43-17-32-8-4-9-40(32)15-19(33)13-32/h1,6-7,11-12,14,19-20,41H,3-5,8-10,13,15-17H2,(H,37,38,39)/t19-,20?,32+/m1/s1. The highest BCUT2D eigenvalue weighted by Crippen LogP contribution is 2.41. The molecular formula is C32H30F3N5O3. The SMILES string of the molecule is C#Cc1c(F)ccc2cc(O)cc(-c3ncc4c(NC5CCCOC5)nc(OC[C@@]56CCCN5C[C@H](F)C6)nc4c3F)c12. The average molecular weight is 590 g/mol. The normalized spacial score (nSPS) is 23.9. The first-order valence-electron chi connectivity index (χ1n) is 14.5. The van der Waals surface area contributed by atoms with Crippen molar-refractivity contribution in [3.63, 3.8) is 0 Å². The second kappa shape index (κ2) is 10.8. The molecule has 2 aromatic heterocycles. The predicted molar refractivity (Wildman–Crippen MR) is 156 cm³/mol. The monoisotopic (exact) mass is 589 g/mol. The van der Waals surface area contributed by atoms with Crippen LogP contribution < -0.4 is 10.1 Å². The van der Waals surface area contributed by atoms with Gasteiger partial charge in [0, 0.05) is 36.7 Å². The number of fused-ring (bicyclic) bond motifs is 3. The number of ether oxygens (including phenoxy) is 2. The molecule has 3 fully saturated rings. The van der Waals surface area contributed by atoms with Gasteiger partial charge in [0.25, 0.3) is 0 Å². The van der Waals surface area contributed by atoms with Gasteiger partial charge in [0.15, 0.2) is 5.82 Å². The van der Waals surface area contributed by atoms with E-state index < -0.39 is 23.3 Å². The number of nitrogens with zero attached hydrogens (tertiary/aromatic N) is 4. The summed E-state index contributed by atoms with van der Waals surface area (Å²) in [5.41, 5.74) is -0.619. The lowest BCUT2D eigenvalue weighted by atomic mass is 9.95. The van der Waals surface area contributed by atoms with Gasteiger partial charge in [-0.2, -0.15) is 9.97 Å². The Morgan fingerprint density at radius 3 is 2.93 bits per heavy atom. The Kier molecular flexibility index (Phi) is 6.98. The fraction of sp³-hybridized carbons (Fsp3) is 0.406. The van der Waals surface area contributed by atoms with Crippen molar-refractivity contribution in [2.24, 2.45) is 0 Å². The van der Waals surface area contributed by atoms with Crippen molar-refractivity contribution in [3.05, 3.63) is 47.7 Å². The lowest BCUT2D eigenvalue weighted by Gasteiger charge is -2.31. The molecule has 1 unspecified atom stereocenters. The molecule has 222 valence electrons. The van der Waals surface area contributed by atoms with Crippen LogP contribution >= 0.6 is 0 Å². The van der Waals surface area contributed by atoms with Gasteiger partial charge in [0.1, 0.15) is 41.4 Å². The van der Waals surface area contributed by atoms with E-state index >= 15 is 4.39 Å². The summed E-state index contributed by atoms with van der Waals surface area (Å²) >= 11 is 0. The molecule has 5 heterocycles. The molecule has 2 N–H and O–H groups in total. The van der Waals surface area contributed by atoms with Crippen molar-refractivity contribution >= 4 is 27.5 Å². The summed E-state index contributed by atoms with van der Waals surface area (Å²) in [4.78, 5) is 15.6. The number of hydrogen-bond donors (Lipinski definition) is 2. The first kappa shape index (κ1) is 27.7. The van der Waals surface area contributed by atoms with Gasteiger partial charge in [0.05, 0.1) is 29.1 Å². The molecule has 8 nitrogen and oxygen atoms in total. The van der Waals surface area contributed by atoms with Crippen LogP contribution in [0.2, 0.25) is 0 Å². The molecule has 7 rings (SSSR count). The van der Waals surface area contributed by atoms with E-state index in [1.807, 2.05) is 0 Å². The van der Waals surface area contributed by atoms with Gasteiger partial charge < -0.3 is 19.9 Å². The number of hydrogen-bond acceptors (Lipinski definition) is 8. The summed E-state index contributed by atoms with van der Waals surface area (Å²) in [5.74, 6) is 1.07. The summed E-state index contributed by atoms with van der Waals surface area (Å²) in [6.07, 6.45) is 9.97. The third kappa shape index (κ3) is 4.88. The first-order chi connectivity index (χ1) is 20.8. The van der Waals surface area contributed by atoms with E-state index in [0.29, 0.717) is 42.8 Å². The zero-order valence-electron chi connectivity index (χ0n) is 23.4. The van der Waals surface area contributed by atoms with Crippen molar-refractivity contribution in [2.75, 3.05) is 38.2 Å². The van der Waals surface area contributed by atoms with Gasteiger partial charge in [-0.05, 0) is 55.8 Å². The number of benzene rings is 2. The van der Waals surface area contributed by atoms with Crippen molar-refractivity contribution in [3.8, 4) is 35.4 Å². The zero-order chi connectivity index (χ0) is 29.7. The molecule has 0 bridgehead atoms. The molecule has 3 saturated heterocycles. The Labute approximate surface area is 246 Å². The van der Waals surface area contributed by atoms with E-state index in [-0.39, 0.29) is 52.1 Å². The van der Waals surface area contributed by atoms with Crippen LogP contribution in [0.25, 0.3) is 32.9 Å². The highest BCUT2D eigenvalue weighted by Gasteiger charge is 2.49. The molecule has 3 aliphatic rings. The van der Waals surface area contributed by atoms with E-state index in [1.54, 1.807) is 0 Å². The van der Waals surface area contributed by atoms with Crippen LogP contribution in [-0.4, -0.2) is 75.6 Å². The maximum Gasteiger partial charge on any atom is 0.319 e. The lowest BCUT2D eigenvalue weighted by Crippen LogP contribution is -2.43. The molecule has 0 radical (unpaired) electrons. The third-order valence-electron chi connectivity index (χ3n) is 8.85. The fourth-order valence-corrected chi connectivity index (χ4v) is 6.85. The van der Waals surface area contributed by atoms with Gasteiger partial charge in [-0.1, -0.05) is 12.0 Å². The second-order valence-electron chi connectivity index (χ2n) is 11.6. The maximum absolute atomic E-state index is 16.5. The number of phenolic OH excluding ortho intramolecular Hbond substituents is 1. The van der Waals surface area contributed by atoms with Crippen LogP contribution in [0.4, 0.5) is 19.0 Å². The van der Waals surface area contributed by atoms with Crippen LogP contribution in [0.5, 0.6) is 11.8 Å². The highest BCUT2D eigenvalue weighted by atomic mass is 19.1. The number of anilines is 1. The Balaban J connectivity index is 1.35. The quantitative estimate of drug-likeness (QED) is 0.291. The number of aromatic nitrogens is 3. The van der Waals surface area contributed by atoms with Crippen LogP contribution in [0, 0.1) is 24.0 Å². The largest absolute Gasteiger partial charge is 0.508 e. The molecule has 2 aromatic carbocycles. The minimum absolute atomic E-state index is 0.0533. The van der Waals surface area contributed by atoms with Gasteiger partial charge >= 0.3 is 6.01 Å². The number of halogens is 3. The van der Waals surface area contributed by atoms with Gasteiger partial charge in [-0.25, -0.2) is 13.2 Å². The molecule has 0 saturated carbocycles. The summed E-state index contributed by atoms with van der Waals surface area (Å²) in [7, 11) is 0. The topological polar surface area (TPSA) is 92.6 Å². The van der Waals surface area contributed by atoms with Gasteiger partial charge in [-0.3, -0.25) is 9.88 Å². The maximum atomic E-state index is 16.5. The Morgan fingerprint density at radius 1 is 1.23 bits per heavy atom. The van der Waals surface area contributed by atoms with E-state index in [1.165, 1.54) is 30.5 Å². The molecule has 0 spiro atoms. The van der Waals surface area contributed by atoms with Crippen LogP contribution in [0.3, 0.4) is 0 Å². The summed E-state index contributed by atoms with van der Waals surface area (Å²) in [6, 6.07) is 5.28. The van der Waals surface area contributed by atoms with Crippen molar-refractivity contribution < 1.29 is 27.8 Å². The minimum atomic E-state index is -0.925. The number of rotatable bonds is 6. The van der Waals surface area contributed by atoms with E-state index in [9.17, 15) is 13.9 Å². The Morgan fingerprint density at radius 2 is 2.12 bits per heavy atom. The smallest absolute Gasteiger partial charge is 0.319 e. The summed E-state index contributed by atoms with van der Waals surface area (Å²) in [6.45, 7) is 2.48. The van der Waals surface area contributed by atoms with Crippen LogP contribution in [0.1, 0.15) is 37.7 Å². The number of aromatic hydroxyl groups is 1. The Hall–Kier alpha value is -4.14. The lowest BCUT2D eigenvalue weighted by molar-refractivity contribution is 0.0874. The number of pyridine rings is 1. The zero-order valence-corrected chi connectivity index (χ0v) is 23.4. The highest BCUT2D eigenvalue weighted by molar-refractivity contribution is 6.02. The molecule has 3 aliphatic heterocycles. The molecular weight excluding hydrogens is 559 g/mol. The van der Waals surface area contributed by atoms with Gasteiger partial charge in [0.2, 0.25) is 0 Å². The molecule has 4 aromatic rings. The number of alkyl halides is 1. The van der Waals surface area contributed by atoms with Crippen molar-refractivity contribution in [1.82, 2.24) is 19.9 Å². The fourth-order valence-electron chi connectivity index (χ4n) is 6.85. The number of nitrogens with one attached hydrogen (secondary N) is 1. The second-order valence-corrected chi connectivity index (χ2v) is 11.6. The molecule has 0 aliphatic carbocycles. The minimum Gasteiger partial charge on any atom is -0.508 e. The van der Waals surface area contributed by atoms with E-state index in [2.05, 4.69) is 31.1 Å². The van der Waals surface area contributed by atoms with Crippen LogP contribution in [0.15, 0.2) is 30.5 Å². The van der Waals surface area contributed by atoms with Crippen LogP contribution in [-0.2, 0) is 4.74 Å². The van der Waals surface area contributed by atoms with Gasteiger partial charge in [-0.15, -0.1) is 6.42 Å². The van der Waals surface area contributed by atoms with E-state index in [4.69, 9.17) is 15.9 Å². The molecule has 3 atom stereocenters. The molecule has 0 amide bonds. The average Bonchev–Trinajstić information content (AvgIpc) is 3.52. The van der Waals surface area contributed by atoms with E-state index in [0.717, 1.165) is 32.2 Å². The summed E-state index contributed by atoms with van der Waals surface area (Å²) in [5, 5.41) is 14.8. The summed E-state index contributed by atoms with van der Waals surface area (Å²) < 4.78 is 57.4. The molecule has 43 heavy (non-hydrogen) atoms. The number of phenols is 1. The van der Waals surface area contributed by atoms with Crippen molar-refractivity contribution in [2.45, 2.75) is 49.9 Å². The van der Waals surface area contributed by atoms with Crippen molar-refractivity contribution in [1.29, 1.82) is 0 Å². The number of terminal acetylenes is 1. The third-order valence-corrected chi connectivity index (χ3v) is 8.85. The predicted octanol–water partition coefficient (Wildman–Crippen LogP) is 5.36. The molecule has 11 heteroatoms. The first-order valence-corrected chi connectivity index (χ1v) is 14.5.